The number of primary amides is 1. The molecule has 0 saturated carbocycles. The van der Waals surface area contributed by atoms with Crippen LogP contribution in [0, 0.1) is 0 Å². The minimum atomic E-state index is -1.56. The Hall–Kier alpha value is -4.50. The number of nitrogens with zero attached hydrogens (tertiary/aromatic N) is 1. The van der Waals surface area contributed by atoms with Gasteiger partial charge in [-0.3, -0.25) is 24.0 Å². The second kappa shape index (κ2) is 16.2. The lowest BCUT2D eigenvalue weighted by atomic mass is 10.0. The van der Waals surface area contributed by atoms with E-state index < -0.39 is 66.3 Å². The number of carboxylic acids is 1. The first-order valence-corrected chi connectivity index (χ1v) is 13.8. The third-order valence-electron chi connectivity index (χ3n) is 6.77. The Morgan fingerprint density at radius 2 is 1.60 bits per heavy atom. The fraction of sp³-hybridized carbons (Fsp3) is 0.500. The van der Waals surface area contributed by atoms with Crippen LogP contribution >= 0.6 is 0 Å². The van der Waals surface area contributed by atoms with Crippen molar-refractivity contribution in [2.75, 3.05) is 6.54 Å². The average Bonchev–Trinajstić information content (AvgIpc) is 3.24. The third-order valence-corrected chi connectivity index (χ3v) is 6.77. The Kier molecular flexibility index (Phi) is 13.1. The number of aromatic nitrogens is 1. The largest absolute Gasteiger partial charge is 0.480 e. The third kappa shape index (κ3) is 10.7. The summed E-state index contributed by atoms with van der Waals surface area (Å²) >= 11 is 0. The van der Waals surface area contributed by atoms with E-state index in [0.29, 0.717) is 24.9 Å². The molecule has 0 unspecified atom stereocenters. The van der Waals surface area contributed by atoms with Crippen LogP contribution in [0.2, 0.25) is 0 Å². The number of nitrogens with two attached hydrogens (primary N) is 2. The summed E-state index contributed by atoms with van der Waals surface area (Å²) in [5.74, 6) is -4.97. The van der Waals surface area contributed by atoms with E-state index in [2.05, 4.69) is 21.3 Å². The van der Waals surface area contributed by atoms with Gasteiger partial charge < -0.3 is 47.5 Å². The quantitative estimate of drug-likeness (QED) is 0.0944. The van der Waals surface area contributed by atoms with Gasteiger partial charge in [0.05, 0.1) is 18.6 Å². The number of hydrogen-bond donors (Lipinski definition) is 8. The highest BCUT2D eigenvalue weighted by Gasteiger charge is 2.33. The van der Waals surface area contributed by atoms with Crippen molar-refractivity contribution in [1.29, 1.82) is 0 Å². The number of amides is 5. The number of aliphatic hydroxyl groups is 1. The summed E-state index contributed by atoms with van der Waals surface area (Å²) in [5.41, 5.74) is 12.3. The molecular weight excluding hydrogens is 562 g/mol. The number of rotatable bonds is 17. The SMILES string of the molecule is CC(=O)NCCCC[C@H](NC(=O)[C@H](Cc1cn(C)c2ccccc12)NC(=O)[C@@H](NC(=O)[C@@H](N)CC(N)=O)[C@@H](C)O)C(=O)O. The van der Waals surface area contributed by atoms with E-state index >= 15 is 0 Å². The molecule has 1 aromatic heterocycles. The van der Waals surface area contributed by atoms with E-state index in [9.17, 15) is 39.0 Å². The van der Waals surface area contributed by atoms with Gasteiger partial charge in [-0.05, 0) is 37.8 Å². The molecule has 0 radical (unpaired) electrons. The Bertz CT molecular complexity index is 1330. The molecule has 236 valence electrons. The molecular formula is C28H41N7O8. The first-order chi connectivity index (χ1) is 20.2. The number of unbranched alkanes of at least 4 members (excludes halogenated alkanes) is 1. The summed E-state index contributed by atoms with van der Waals surface area (Å²) in [4.78, 5) is 73.4. The number of aliphatic hydroxyl groups excluding tert-OH is 1. The summed E-state index contributed by atoms with van der Waals surface area (Å²) in [6.07, 6.45) is 0.761. The van der Waals surface area contributed by atoms with Crippen LogP contribution in [0.25, 0.3) is 10.9 Å². The Morgan fingerprint density at radius 3 is 2.21 bits per heavy atom. The first-order valence-electron chi connectivity index (χ1n) is 13.8. The lowest BCUT2D eigenvalue weighted by Gasteiger charge is -2.26. The van der Waals surface area contributed by atoms with E-state index in [4.69, 9.17) is 11.5 Å². The van der Waals surface area contributed by atoms with Crippen LogP contribution in [0.5, 0.6) is 0 Å². The molecule has 43 heavy (non-hydrogen) atoms. The van der Waals surface area contributed by atoms with E-state index in [1.54, 1.807) is 6.20 Å². The zero-order valence-corrected chi connectivity index (χ0v) is 24.5. The van der Waals surface area contributed by atoms with Gasteiger partial charge in [0, 0.05) is 44.0 Å². The first kappa shape index (κ1) is 34.7. The van der Waals surface area contributed by atoms with Crippen molar-refractivity contribution >= 4 is 46.4 Å². The van der Waals surface area contributed by atoms with Crippen LogP contribution in [0.3, 0.4) is 0 Å². The van der Waals surface area contributed by atoms with Crippen LogP contribution in [0.4, 0.5) is 0 Å². The summed E-state index contributed by atoms with van der Waals surface area (Å²) in [6, 6.07) is 1.86. The molecule has 0 aliphatic rings. The predicted molar refractivity (Wildman–Crippen MR) is 156 cm³/mol. The average molecular weight is 604 g/mol. The summed E-state index contributed by atoms with van der Waals surface area (Å²) in [7, 11) is 1.81. The van der Waals surface area contributed by atoms with Crippen molar-refractivity contribution in [3.05, 3.63) is 36.0 Å². The highest BCUT2D eigenvalue weighted by atomic mass is 16.4. The van der Waals surface area contributed by atoms with Crippen molar-refractivity contribution in [2.45, 2.75) is 76.2 Å². The standard InChI is InChI=1S/C28H41N7O8/c1-15(36)24(34-25(39)19(29)13-23(30)38)27(41)33-21(12-17-14-35(3)22-10-5-4-8-18(17)22)26(40)32-20(28(42)43)9-6-7-11-31-16(2)37/h4-5,8,10,14-15,19-21,24,36H,6-7,9,11-13,29H2,1-3H3,(H2,30,38)(H,31,37)(H,32,40)(H,33,41)(H,34,39)(H,42,43)/t15-,19+,20+,21+,24+/m1/s1. The number of para-hydroxylation sites is 1. The minimum absolute atomic E-state index is 0.0462. The normalized spacial score (nSPS) is 14.5. The zero-order valence-electron chi connectivity index (χ0n) is 24.5. The van der Waals surface area contributed by atoms with Crippen molar-refractivity contribution in [1.82, 2.24) is 25.8 Å². The molecule has 0 fully saturated rings. The lowest BCUT2D eigenvalue weighted by Crippen LogP contribution is -2.60. The zero-order chi connectivity index (χ0) is 32.3. The van der Waals surface area contributed by atoms with Gasteiger partial charge in [-0.25, -0.2) is 4.79 Å². The Balaban J connectivity index is 2.29. The molecule has 1 aromatic carbocycles. The van der Waals surface area contributed by atoms with Gasteiger partial charge in [0.1, 0.15) is 18.1 Å². The lowest BCUT2D eigenvalue weighted by molar-refractivity contribution is -0.142. The molecule has 5 atom stereocenters. The van der Waals surface area contributed by atoms with Crippen molar-refractivity contribution < 1.29 is 39.0 Å². The van der Waals surface area contributed by atoms with Crippen molar-refractivity contribution in [3.8, 4) is 0 Å². The van der Waals surface area contributed by atoms with Crippen LogP contribution in [0.1, 0.15) is 45.1 Å². The smallest absolute Gasteiger partial charge is 0.326 e. The highest BCUT2D eigenvalue weighted by Crippen LogP contribution is 2.22. The summed E-state index contributed by atoms with van der Waals surface area (Å²) in [5, 5.41) is 30.7. The number of carbonyl (C=O) groups excluding carboxylic acids is 5. The summed E-state index contributed by atoms with van der Waals surface area (Å²) < 4.78 is 1.84. The second-order valence-electron chi connectivity index (χ2n) is 10.4. The van der Waals surface area contributed by atoms with E-state index in [-0.39, 0.29) is 18.7 Å². The number of benzene rings is 1. The van der Waals surface area contributed by atoms with E-state index in [1.807, 2.05) is 35.9 Å². The van der Waals surface area contributed by atoms with Crippen LogP contribution < -0.4 is 32.7 Å². The number of aryl methyl sites for hydroxylation is 1. The van der Waals surface area contributed by atoms with Gasteiger partial charge in [-0.15, -0.1) is 0 Å². The van der Waals surface area contributed by atoms with E-state index in [1.165, 1.54) is 13.8 Å². The van der Waals surface area contributed by atoms with Gasteiger partial charge in [0.25, 0.3) is 0 Å². The molecule has 2 rings (SSSR count). The molecule has 2 aromatic rings. The van der Waals surface area contributed by atoms with Crippen LogP contribution in [0.15, 0.2) is 30.5 Å². The predicted octanol–water partition coefficient (Wildman–Crippen LogP) is -1.85. The van der Waals surface area contributed by atoms with Gasteiger partial charge in [-0.1, -0.05) is 18.2 Å². The molecule has 1 heterocycles. The molecule has 0 aliphatic carbocycles. The maximum Gasteiger partial charge on any atom is 0.326 e. The van der Waals surface area contributed by atoms with Gasteiger partial charge in [0.2, 0.25) is 29.5 Å². The van der Waals surface area contributed by atoms with Gasteiger partial charge in [0.15, 0.2) is 0 Å². The monoisotopic (exact) mass is 603 g/mol. The Labute approximate surface area is 248 Å². The van der Waals surface area contributed by atoms with Crippen LogP contribution in [-0.2, 0) is 42.2 Å². The van der Waals surface area contributed by atoms with Gasteiger partial charge >= 0.3 is 5.97 Å². The fourth-order valence-corrected chi connectivity index (χ4v) is 4.52. The number of hydrogen-bond acceptors (Lipinski definition) is 8. The van der Waals surface area contributed by atoms with Crippen molar-refractivity contribution in [3.63, 3.8) is 0 Å². The fourth-order valence-electron chi connectivity index (χ4n) is 4.52. The molecule has 0 bridgehead atoms. The number of nitrogens with one attached hydrogen (secondary N) is 4. The molecule has 0 spiro atoms. The molecule has 5 amide bonds. The van der Waals surface area contributed by atoms with E-state index in [0.717, 1.165) is 10.9 Å². The highest BCUT2D eigenvalue weighted by molar-refractivity contribution is 5.96. The maximum absolute atomic E-state index is 13.5. The molecule has 0 saturated heterocycles. The number of aliphatic carboxylic acids is 1. The molecule has 0 aliphatic heterocycles. The van der Waals surface area contributed by atoms with Crippen LogP contribution in [-0.4, -0.2) is 87.1 Å². The molecule has 10 N–H and O–H groups in total. The maximum atomic E-state index is 13.5. The molecule has 15 nitrogen and oxygen atoms in total. The van der Waals surface area contributed by atoms with Gasteiger partial charge in [-0.2, -0.15) is 0 Å². The summed E-state index contributed by atoms with van der Waals surface area (Å²) in [6.45, 7) is 2.96. The number of fused-ring (bicyclic) bond motifs is 1. The van der Waals surface area contributed by atoms with Crippen molar-refractivity contribution in [2.24, 2.45) is 18.5 Å². The molecule has 15 heteroatoms. The second-order valence-corrected chi connectivity index (χ2v) is 10.4. The topological polar surface area (TPSA) is 248 Å². The minimum Gasteiger partial charge on any atom is -0.480 e. The number of carboxylic acid groups (broad SMARTS) is 1. The number of carbonyl (C=O) groups is 6. The Morgan fingerprint density at radius 1 is 0.953 bits per heavy atom.